The predicted molar refractivity (Wildman–Crippen MR) is 206 cm³/mol. The Morgan fingerprint density at radius 2 is 0.765 bits per heavy atom. The van der Waals surface area contributed by atoms with Crippen molar-refractivity contribution in [3.8, 4) is 0 Å². The minimum atomic E-state index is -3.25. The Kier molecular flexibility index (Phi) is 30.4. The summed E-state index contributed by atoms with van der Waals surface area (Å²) in [6.07, 6.45) is 3.37. The third-order valence-electron chi connectivity index (χ3n) is 5.17. The van der Waals surface area contributed by atoms with Gasteiger partial charge >= 0.3 is 0 Å². The van der Waals surface area contributed by atoms with E-state index in [-0.39, 0.29) is 13.2 Å². The third kappa shape index (κ3) is 32.3. The molecule has 3 N–H and O–H groups in total. The predicted octanol–water partition coefficient (Wildman–Crippen LogP) is -0.0962. The first kappa shape index (κ1) is 58.2. The standard InChI is InChI=1S/C8H11NO2S.C7H9NO2S.C4H11NO2S.C3H9NO2S.2C2H7NO2S.CH4/c1-9(2)12(10,11)8-6-4-3-5-7-8;1-8-11(9,10)7-5-3-2-4-6-7;1-4-8(6,7)5(2)3;1-4(2)7(3,5)6;2*1-3-6(2,4)5;/h3-7H,1-2H3;2-6,8H,1H3;4H2,1-3H3;1-3H3;2*3H,1-2H3;1H4. The fraction of sp³-hybridized carbons (Fsp3) is 0.556. The zero-order valence-corrected chi connectivity index (χ0v) is 35.6. The van der Waals surface area contributed by atoms with Gasteiger partial charge in [0.2, 0.25) is 60.1 Å². The highest BCUT2D eigenvalue weighted by molar-refractivity contribution is 7.90. The molecule has 0 aliphatic rings. The Balaban J connectivity index is -0.000000169. The Morgan fingerprint density at radius 3 is 0.922 bits per heavy atom. The second-order valence-corrected chi connectivity index (χ2v) is 22.4. The van der Waals surface area contributed by atoms with E-state index < -0.39 is 60.1 Å². The molecular formula is C27H58N6O12S6. The molecule has 0 unspecified atom stereocenters. The summed E-state index contributed by atoms with van der Waals surface area (Å²) in [4.78, 5) is 0.623. The van der Waals surface area contributed by atoms with Gasteiger partial charge in [-0.25, -0.2) is 77.6 Å². The van der Waals surface area contributed by atoms with Crippen molar-refractivity contribution < 1.29 is 50.5 Å². The topological polar surface area (TPSA) is 251 Å². The first-order valence-corrected chi connectivity index (χ1v) is 24.0. The fourth-order valence-electron chi connectivity index (χ4n) is 1.78. The van der Waals surface area contributed by atoms with Crippen LogP contribution in [0.15, 0.2) is 70.5 Å². The molecule has 2 rings (SSSR count). The number of sulfonamides is 6. The van der Waals surface area contributed by atoms with E-state index in [1.54, 1.807) is 67.6 Å². The van der Waals surface area contributed by atoms with Crippen LogP contribution in [0.25, 0.3) is 0 Å². The van der Waals surface area contributed by atoms with Crippen molar-refractivity contribution >= 4 is 60.1 Å². The maximum atomic E-state index is 11.5. The maximum Gasteiger partial charge on any atom is 0.242 e. The lowest BCUT2D eigenvalue weighted by atomic mass is 10.4. The summed E-state index contributed by atoms with van der Waals surface area (Å²) in [5.41, 5.74) is 0. The molecule has 0 saturated carbocycles. The van der Waals surface area contributed by atoms with Gasteiger partial charge < -0.3 is 0 Å². The number of nitrogens with zero attached hydrogens (tertiary/aromatic N) is 3. The minimum absolute atomic E-state index is 0. The molecule has 0 aliphatic carbocycles. The van der Waals surface area contributed by atoms with Gasteiger partial charge in [0.25, 0.3) is 0 Å². The average Bonchev–Trinajstić information content (AvgIpc) is 3.02. The molecule has 0 atom stereocenters. The smallest absolute Gasteiger partial charge is 0.219 e. The summed E-state index contributed by atoms with van der Waals surface area (Å²) < 4.78 is 136. The van der Waals surface area contributed by atoms with Crippen LogP contribution in [0.3, 0.4) is 0 Å². The monoisotopic (exact) mass is 850 g/mol. The van der Waals surface area contributed by atoms with Gasteiger partial charge in [0.05, 0.1) is 34.3 Å². The summed E-state index contributed by atoms with van der Waals surface area (Å²) in [5.74, 6) is 0.181. The Morgan fingerprint density at radius 1 is 0.490 bits per heavy atom. The van der Waals surface area contributed by atoms with Gasteiger partial charge in [-0.2, -0.15) is 0 Å². The Hall–Kier alpha value is -2.10. The molecule has 0 aliphatic heterocycles. The van der Waals surface area contributed by atoms with Crippen LogP contribution < -0.4 is 14.2 Å². The van der Waals surface area contributed by atoms with E-state index in [4.69, 9.17) is 0 Å². The lowest BCUT2D eigenvalue weighted by molar-refractivity contribution is 0.520. The van der Waals surface area contributed by atoms with Gasteiger partial charge in [0, 0.05) is 42.3 Å². The van der Waals surface area contributed by atoms with E-state index in [1.807, 2.05) is 0 Å². The Labute approximate surface area is 308 Å². The van der Waals surface area contributed by atoms with E-state index in [9.17, 15) is 50.5 Å². The summed E-state index contributed by atoms with van der Waals surface area (Å²) in [7, 11) is -4.92. The van der Waals surface area contributed by atoms with Crippen LogP contribution in [-0.4, -0.2) is 151 Å². The van der Waals surface area contributed by atoms with Crippen LogP contribution in [0.4, 0.5) is 0 Å². The van der Waals surface area contributed by atoms with Crippen molar-refractivity contribution in [1.82, 2.24) is 27.1 Å². The SMILES string of the molecule is C.CCS(=O)(=O)N(C)C.CN(C)S(=O)(=O)c1ccccc1.CN(C)S(C)(=O)=O.CNS(=O)(=O)c1ccccc1.CNS(C)(=O)=O.CNS(C)(=O)=O. The molecule has 0 bridgehead atoms. The molecule has 0 spiro atoms. The van der Waals surface area contributed by atoms with E-state index >= 15 is 0 Å². The van der Waals surface area contributed by atoms with Crippen LogP contribution in [0, 0.1) is 0 Å². The molecule has 304 valence electrons. The van der Waals surface area contributed by atoms with Gasteiger partial charge in [-0.1, -0.05) is 43.8 Å². The molecule has 24 heteroatoms. The largest absolute Gasteiger partial charge is 0.242 e. The van der Waals surface area contributed by atoms with Crippen molar-refractivity contribution in [1.29, 1.82) is 0 Å². The fourth-order valence-corrected chi connectivity index (χ4v) is 3.97. The zero-order valence-electron chi connectivity index (χ0n) is 30.7. The highest BCUT2D eigenvalue weighted by atomic mass is 32.2. The molecular weight excluding hydrogens is 793 g/mol. The normalized spacial score (nSPS) is 11.7. The minimum Gasteiger partial charge on any atom is -0.219 e. The molecule has 51 heavy (non-hydrogen) atoms. The Bertz CT molecular complexity index is 1840. The van der Waals surface area contributed by atoms with Gasteiger partial charge in [0.1, 0.15) is 0 Å². The number of rotatable bonds is 9. The van der Waals surface area contributed by atoms with Crippen molar-refractivity contribution in [3.05, 3.63) is 60.7 Å². The molecule has 2 aromatic carbocycles. The van der Waals surface area contributed by atoms with Gasteiger partial charge in [-0.05, 0) is 52.3 Å². The molecule has 0 fully saturated rings. The van der Waals surface area contributed by atoms with Crippen molar-refractivity contribution in [2.45, 2.75) is 24.1 Å². The van der Waals surface area contributed by atoms with Crippen LogP contribution in [-0.2, 0) is 60.1 Å². The van der Waals surface area contributed by atoms with Crippen LogP contribution in [0.5, 0.6) is 0 Å². The number of nitrogens with one attached hydrogen (secondary N) is 3. The molecule has 18 nitrogen and oxygen atoms in total. The van der Waals surface area contributed by atoms with E-state index in [0.717, 1.165) is 23.1 Å². The zero-order chi connectivity index (χ0) is 40.8. The van der Waals surface area contributed by atoms with Crippen LogP contribution >= 0.6 is 0 Å². The van der Waals surface area contributed by atoms with Crippen molar-refractivity contribution in [2.24, 2.45) is 0 Å². The summed E-state index contributed by atoms with van der Waals surface area (Å²) in [5, 5.41) is 0. The second-order valence-electron chi connectivity index (χ2n) is 9.80. The number of hydrogen-bond donors (Lipinski definition) is 3. The van der Waals surface area contributed by atoms with Crippen LogP contribution in [0.1, 0.15) is 14.4 Å². The first-order chi connectivity index (χ1) is 22.3. The van der Waals surface area contributed by atoms with Gasteiger partial charge in [-0.15, -0.1) is 0 Å². The van der Waals surface area contributed by atoms with E-state index in [2.05, 4.69) is 14.2 Å². The molecule has 0 aromatic heterocycles. The highest BCUT2D eigenvalue weighted by Crippen LogP contribution is 2.11. The summed E-state index contributed by atoms with van der Waals surface area (Å²) >= 11 is 0. The van der Waals surface area contributed by atoms with Crippen molar-refractivity contribution in [2.75, 3.05) is 87.9 Å². The second kappa shape index (κ2) is 26.6. The lowest BCUT2D eigenvalue weighted by Crippen LogP contribution is -2.23. The van der Waals surface area contributed by atoms with Crippen LogP contribution in [0.2, 0.25) is 0 Å². The van der Waals surface area contributed by atoms with E-state index in [0.29, 0.717) is 9.79 Å². The average molecular weight is 851 g/mol. The third-order valence-corrected chi connectivity index (χ3v) is 13.1. The number of benzene rings is 2. The molecule has 0 saturated heterocycles. The summed E-state index contributed by atoms with van der Waals surface area (Å²) in [6.45, 7) is 1.62. The molecule has 0 radical (unpaired) electrons. The molecule has 2 aromatic rings. The quantitative estimate of drug-likeness (QED) is 0.300. The highest BCUT2D eigenvalue weighted by Gasteiger charge is 2.15. The van der Waals surface area contributed by atoms with E-state index in [1.165, 1.54) is 72.0 Å². The molecule has 0 amide bonds. The lowest BCUT2D eigenvalue weighted by Gasteiger charge is -2.10. The summed E-state index contributed by atoms with van der Waals surface area (Å²) in [6, 6.07) is 16.6. The first-order valence-electron chi connectivity index (χ1n) is 13.8. The van der Waals surface area contributed by atoms with Gasteiger partial charge in [-0.3, -0.25) is 0 Å². The maximum absolute atomic E-state index is 11.5. The number of hydrogen-bond acceptors (Lipinski definition) is 12. The van der Waals surface area contributed by atoms with Crippen molar-refractivity contribution in [3.63, 3.8) is 0 Å². The van der Waals surface area contributed by atoms with Gasteiger partial charge in [0.15, 0.2) is 0 Å². The molecule has 0 heterocycles.